The molecule has 146 valence electrons. The van der Waals surface area contributed by atoms with Crippen molar-refractivity contribution in [1.29, 1.82) is 0 Å². The molecule has 0 unspecified atom stereocenters. The van der Waals surface area contributed by atoms with E-state index in [9.17, 15) is 8.42 Å². The fourth-order valence-electron chi connectivity index (χ4n) is 3.13. The monoisotopic (exact) mass is 424 g/mol. The number of nitrogens with zero attached hydrogens (tertiary/aromatic N) is 1. The van der Waals surface area contributed by atoms with E-state index in [2.05, 4.69) is 5.16 Å². The molecule has 4 rings (SSSR count). The number of primary sulfonamides is 1. The molecule has 7 heteroatoms. The first kappa shape index (κ1) is 19.4. The van der Waals surface area contributed by atoms with Gasteiger partial charge in [-0.05, 0) is 35.4 Å². The van der Waals surface area contributed by atoms with Gasteiger partial charge >= 0.3 is 0 Å². The lowest BCUT2D eigenvalue weighted by Crippen LogP contribution is -2.11. The second kappa shape index (κ2) is 7.83. The molecule has 0 bridgehead atoms. The zero-order valence-corrected chi connectivity index (χ0v) is 16.8. The Morgan fingerprint density at radius 1 is 0.862 bits per heavy atom. The minimum Gasteiger partial charge on any atom is -0.360 e. The third kappa shape index (κ3) is 4.24. The summed E-state index contributed by atoms with van der Waals surface area (Å²) in [6.45, 7) is 0. The molecule has 0 saturated heterocycles. The van der Waals surface area contributed by atoms with Gasteiger partial charge < -0.3 is 4.52 Å². The summed E-state index contributed by atoms with van der Waals surface area (Å²) in [4.78, 5) is 0.0539. The molecule has 0 radical (unpaired) electrons. The van der Waals surface area contributed by atoms with Crippen molar-refractivity contribution in [2.45, 2.75) is 11.3 Å². The molecule has 29 heavy (non-hydrogen) atoms. The molecular weight excluding hydrogens is 408 g/mol. The summed E-state index contributed by atoms with van der Waals surface area (Å²) in [5.41, 5.74) is 4.23. The van der Waals surface area contributed by atoms with E-state index in [0.717, 1.165) is 22.3 Å². The highest BCUT2D eigenvalue weighted by Crippen LogP contribution is 2.36. The summed E-state index contributed by atoms with van der Waals surface area (Å²) in [5, 5.41) is 10.2. The predicted octanol–water partition coefficient (Wildman–Crippen LogP) is 4.90. The number of rotatable bonds is 5. The van der Waals surface area contributed by atoms with Gasteiger partial charge in [-0.1, -0.05) is 71.4 Å². The summed E-state index contributed by atoms with van der Waals surface area (Å²) in [6.07, 6.45) is 0.517. The van der Waals surface area contributed by atoms with Crippen LogP contribution < -0.4 is 5.14 Å². The Kier molecular flexibility index (Phi) is 5.24. The lowest BCUT2D eigenvalue weighted by molar-refractivity contribution is 0.392. The van der Waals surface area contributed by atoms with E-state index in [1.54, 1.807) is 12.1 Å². The van der Waals surface area contributed by atoms with Gasteiger partial charge in [0.15, 0.2) is 0 Å². The van der Waals surface area contributed by atoms with Gasteiger partial charge in [0.1, 0.15) is 11.5 Å². The average molecular weight is 425 g/mol. The first-order chi connectivity index (χ1) is 13.9. The molecule has 1 heterocycles. The summed E-state index contributed by atoms with van der Waals surface area (Å²) in [5.74, 6) is 0.675. The maximum absolute atomic E-state index is 11.6. The standard InChI is InChI=1S/C22H17ClN2O3S/c23-18-10-6-15(7-11-18)14-20-21(16-8-12-19(13-9-16)29(24,26)27)22(25-28-20)17-4-2-1-3-5-17/h1-13H,14H2,(H2,24,26,27). The average Bonchev–Trinajstić information content (AvgIpc) is 3.13. The van der Waals surface area contributed by atoms with Crippen molar-refractivity contribution in [2.24, 2.45) is 5.14 Å². The summed E-state index contributed by atoms with van der Waals surface area (Å²) in [6, 6.07) is 23.6. The van der Waals surface area contributed by atoms with Crippen molar-refractivity contribution < 1.29 is 12.9 Å². The maximum atomic E-state index is 11.6. The molecule has 0 atom stereocenters. The number of benzene rings is 3. The summed E-state index contributed by atoms with van der Waals surface area (Å²) in [7, 11) is -3.76. The molecule has 0 aliphatic carbocycles. The van der Waals surface area contributed by atoms with Gasteiger partial charge in [0.25, 0.3) is 0 Å². The fourth-order valence-corrected chi connectivity index (χ4v) is 3.78. The lowest BCUT2D eigenvalue weighted by atomic mass is 9.96. The van der Waals surface area contributed by atoms with E-state index in [-0.39, 0.29) is 4.90 Å². The van der Waals surface area contributed by atoms with Crippen LogP contribution in [0.4, 0.5) is 0 Å². The van der Waals surface area contributed by atoms with E-state index >= 15 is 0 Å². The molecule has 0 aliphatic rings. The molecule has 4 aromatic rings. The second-order valence-corrected chi connectivity index (χ2v) is 8.57. The number of aromatic nitrogens is 1. The lowest BCUT2D eigenvalue weighted by Gasteiger charge is -2.07. The fraction of sp³-hybridized carbons (Fsp3) is 0.0455. The van der Waals surface area contributed by atoms with Crippen molar-refractivity contribution in [3.05, 3.63) is 95.2 Å². The largest absolute Gasteiger partial charge is 0.360 e. The van der Waals surface area contributed by atoms with Gasteiger partial charge in [-0.15, -0.1) is 0 Å². The minimum absolute atomic E-state index is 0.0539. The molecule has 0 spiro atoms. The SMILES string of the molecule is NS(=O)(=O)c1ccc(-c2c(-c3ccccc3)noc2Cc2ccc(Cl)cc2)cc1. The highest BCUT2D eigenvalue weighted by Gasteiger charge is 2.20. The number of halogens is 1. The highest BCUT2D eigenvalue weighted by molar-refractivity contribution is 7.89. The van der Waals surface area contributed by atoms with E-state index in [4.69, 9.17) is 21.3 Å². The van der Waals surface area contributed by atoms with E-state index in [0.29, 0.717) is 22.9 Å². The van der Waals surface area contributed by atoms with Gasteiger partial charge in [-0.2, -0.15) is 0 Å². The molecule has 0 saturated carbocycles. The van der Waals surface area contributed by atoms with Crippen molar-refractivity contribution in [1.82, 2.24) is 5.16 Å². The molecule has 3 aromatic carbocycles. The smallest absolute Gasteiger partial charge is 0.238 e. The van der Waals surface area contributed by atoms with Crippen molar-refractivity contribution in [2.75, 3.05) is 0 Å². The normalized spacial score (nSPS) is 11.5. The number of nitrogens with two attached hydrogens (primary N) is 1. The van der Waals surface area contributed by atoms with Gasteiger partial charge in [0.2, 0.25) is 10.0 Å². The Labute approximate surface area is 173 Å². The van der Waals surface area contributed by atoms with Gasteiger partial charge in [0, 0.05) is 17.0 Å². The van der Waals surface area contributed by atoms with E-state index in [1.807, 2.05) is 54.6 Å². The Balaban J connectivity index is 1.82. The highest BCUT2D eigenvalue weighted by atomic mass is 35.5. The first-order valence-corrected chi connectivity index (χ1v) is 10.8. The Morgan fingerprint density at radius 3 is 2.14 bits per heavy atom. The first-order valence-electron chi connectivity index (χ1n) is 8.83. The van der Waals surface area contributed by atoms with Crippen LogP contribution in [0.2, 0.25) is 5.02 Å². The van der Waals surface area contributed by atoms with Crippen LogP contribution in [-0.2, 0) is 16.4 Å². The predicted molar refractivity (Wildman–Crippen MR) is 113 cm³/mol. The van der Waals surface area contributed by atoms with Crippen LogP contribution in [0, 0.1) is 0 Å². The van der Waals surface area contributed by atoms with Crippen LogP contribution in [0.1, 0.15) is 11.3 Å². The second-order valence-electron chi connectivity index (χ2n) is 6.57. The summed E-state index contributed by atoms with van der Waals surface area (Å²) < 4.78 is 28.9. The molecular formula is C22H17ClN2O3S. The molecule has 5 nitrogen and oxygen atoms in total. The van der Waals surface area contributed by atoms with Gasteiger partial charge in [0.05, 0.1) is 10.5 Å². The minimum atomic E-state index is -3.76. The van der Waals surface area contributed by atoms with Crippen LogP contribution in [0.25, 0.3) is 22.4 Å². The Morgan fingerprint density at radius 2 is 1.52 bits per heavy atom. The van der Waals surface area contributed by atoms with Gasteiger partial charge in [-0.25, -0.2) is 13.6 Å². The van der Waals surface area contributed by atoms with Crippen LogP contribution >= 0.6 is 11.6 Å². The molecule has 0 fully saturated rings. The summed E-state index contributed by atoms with van der Waals surface area (Å²) >= 11 is 5.98. The van der Waals surface area contributed by atoms with Crippen LogP contribution in [-0.4, -0.2) is 13.6 Å². The van der Waals surface area contributed by atoms with E-state index < -0.39 is 10.0 Å². The number of hydrogen-bond acceptors (Lipinski definition) is 4. The molecule has 0 amide bonds. The maximum Gasteiger partial charge on any atom is 0.238 e. The molecule has 1 aromatic heterocycles. The van der Waals surface area contributed by atoms with Gasteiger partial charge in [-0.3, -0.25) is 0 Å². The van der Waals surface area contributed by atoms with Crippen molar-refractivity contribution >= 4 is 21.6 Å². The van der Waals surface area contributed by atoms with Crippen LogP contribution in [0.3, 0.4) is 0 Å². The van der Waals surface area contributed by atoms with E-state index in [1.165, 1.54) is 12.1 Å². The Bertz CT molecular complexity index is 1230. The van der Waals surface area contributed by atoms with Crippen molar-refractivity contribution in [3.63, 3.8) is 0 Å². The topological polar surface area (TPSA) is 86.2 Å². The zero-order chi connectivity index (χ0) is 20.4. The Hall–Kier alpha value is -2.93. The van der Waals surface area contributed by atoms with Crippen LogP contribution in [0.15, 0.2) is 88.3 Å². The zero-order valence-electron chi connectivity index (χ0n) is 15.2. The third-order valence-corrected chi connectivity index (χ3v) is 5.74. The van der Waals surface area contributed by atoms with Crippen LogP contribution in [0.5, 0.6) is 0 Å². The third-order valence-electron chi connectivity index (χ3n) is 4.56. The van der Waals surface area contributed by atoms with Crippen molar-refractivity contribution in [3.8, 4) is 22.4 Å². The molecule has 2 N–H and O–H groups in total. The number of hydrogen-bond donors (Lipinski definition) is 1. The molecule has 0 aliphatic heterocycles. The number of sulfonamides is 1. The quantitative estimate of drug-likeness (QED) is 0.493.